The number of alkyl carbamates (subject to hydrolysis) is 1. The molecule has 4 heterocycles. The Morgan fingerprint density at radius 1 is 1.23 bits per heavy atom. The summed E-state index contributed by atoms with van der Waals surface area (Å²) in [5.74, 6) is -0.366. The first-order chi connectivity index (χ1) is 16.7. The van der Waals surface area contributed by atoms with Crippen LogP contribution < -0.4 is 15.5 Å². The maximum atomic E-state index is 13.8. The van der Waals surface area contributed by atoms with Crippen molar-refractivity contribution in [2.75, 3.05) is 51.2 Å². The lowest BCUT2D eigenvalue weighted by Gasteiger charge is -2.32. The van der Waals surface area contributed by atoms with E-state index in [1.807, 2.05) is 4.90 Å². The van der Waals surface area contributed by atoms with Crippen LogP contribution in [0.2, 0.25) is 0 Å². The van der Waals surface area contributed by atoms with Crippen molar-refractivity contribution in [1.29, 1.82) is 0 Å². The largest absolute Gasteiger partial charge is 0.446 e. The fourth-order valence-electron chi connectivity index (χ4n) is 4.36. The Balaban J connectivity index is 1.37. The molecule has 192 valence electrons. The summed E-state index contributed by atoms with van der Waals surface area (Å²) in [6.07, 6.45) is -4.99. The van der Waals surface area contributed by atoms with Gasteiger partial charge in [-0.1, -0.05) is 0 Å². The monoisotopic (exact) mass is 517 g/mol. The van der Waals surface area contributed by atoms with Crippen LogP contribution in [0.3, 0.4) is 0 Å². The number of hydrogen-bond donors (Lipinski definition) is 2. The van der Waals surface area contributed by atoms with Crippen molar-refractivity contribution in [1.82, 2.24) is 20.5 Å². The first kappa shape index (κ1) is 25.4. The van der Waals surface area contributed by atoms with E-state index in [4.69, 9.17) is 4.74 Å². The SMILES string of the molecule is CNC(=O)c1csc2c(C(F)(F)F)cc(N3CCC(OC(=O)NCCN4CCC(F)C4)CC3)nc12. The molecule has 4 rings (SSSR count). The summed E-state index contributed by atoms with van der Waals surface area (Å²) < 4.78 is 59.8. The van der Waals surface area contributed by atoms with E-state index in [0.29, 0.717) is 58.5 Å². The molecule has 1 unspecified atom stereocenters. The topological polar surface area (TPSA) is 86.8 Å². The Morgan fingerprint density at radius 2 is 1.97 bits per heavy atom. The molecule has 2 fully saturated rings. The Morgan fingerprint density at radius 3 is 2.60 bits per heavy atom. The fourth-order valence-corrected chi connectivity index (χ4v) is 5.39. The van der Waals surface area contributed by atoms with Gasteiger partial charge < -0.3 is 20.3 Å². The zero-order chi connectivity index (χ0) is 25.2. The normalized spacial score (nSPS) is 19.8. The summed E-state index contributed by atoms with van der Waals surface area (Å²) in [7, 11) is 1.41. The highest BCUT2D eigenvalue weighted by Crippen LogP contribution is 2.40. The molecule has 0 aromatic carbocycles. The highest BCUT2D eigenvalue weighted by Gasteiger charge is 2.36. The molecule has 2 amide bonds. The summed E-state index contributed by atoms with van der Waals surface area (Å²) in [5.41, 5.74) is -0.702. The molecule has 2 saturated heterocycles. The molecule has 2 N–H and O–H groups in total. The number of thiophene rings is 1. The van der Waals surface area contributed by atoms with Crippen molar-refractivity contribution in [3.8, 4) is 0 Å². The third-order valence-electron chi connectivity index (χ3n) is 6.24. The lowest BCUT2D eigenvalue weighted by Crippen LogP contribution is -2.41. The van der Waals surface area contributed by atoms with Crippen molar-refractivity contribution >= 4 is 39.4 Å². The van der Waals surface area contributed by atoms with Crippen molar-refractivity contribution in [3.63, 3.8) is 0 Å². The number of carbonyl (C=O) groups excluding carboxylic acids is 2. The van der Waals surface area contributed by atoms with E-state index >= 15 is 0 Å². The Bertz CT molecular complexity index is 1070. The van der Waals surface area contributed by atoms with Gasteiger partial charge in [0.05, 0.1) is 21.3 Å². The van der Waals surface area contributed by atoms with Crippen LogP contribution in [-0.2, 0) is 10.9 Å². The van der Waals surface area contributed by atoms with Crippen LogP contribution in [0.1, 0.15) is 35.2 Å². The molecule has 2 aromatic heterocycles. The number of likely N-dealkylation sites (tertiary alicyclic amines) is 1. The second-order valence-electron chi connectivity index (χ2n) is 8.64. The van der Waals surface area contributed by atoms with Gasteiger partial charge in [0.1, 0.15) is 18.1 Å². The molecule has 0 bridgehead atoms. The number of fused-ring (bicyclic) bond motifs is 1. The fraction of sp³-hybridized carbons (Fsp3) is 0.591. The number of carbonyl (C=O) groups is 2. The Kier molecular flexibility index (Phi) is 7.64. The molecule has 0 saturated carbocycles. The molecular weight excluding hydrogens is 490 g/mol. The summed E-state index contributed by atoms with van der Waals surface area (Å²) in [4.78, 5) is 32.3. The van der Waals surface area contributed by atoms with Crippen molar-refractivity contribution in [2.24, 2.45) is 0 Å². The minimum Gasteiger partial charge on any atom is -0.446 e. The van der Waals surface area contributed by atoms with Gasteiger partial charge in [-0.05, 0) is 12.5 Å². The highest BCUT2D eigenvalue weighted by molar-refractivity contribution is 7.17. The lowest BCUT2D eigenvalue weighted by molar-refractivity contribution is -0.136. The summed E-state index contributed by atoms with van der Waals surface area (Å²) >= 11 is 0.840. The van der Waals surface area contributed by atoms with Crippen LogP contribution >= 0.6 is 11.3 Å². The van der Waals surface area contributed by atoms with Crippen LogP contribution in [0.15, 0.2) is 11.4 Å². The average molecular weight is 518 g/mol. The molecule has 35 heavy (non-hydrogen) atoms. The number of amides is 2. The van der Waals surface area contributed by atoms with Crippen molar-refractivity contribution in [2.45, 2.75) is 37.7 Å². The summed E-state index contributed by atoms with van der Waals surface area (Å²) in [5, 5.41) is 6.48. The van der Waals surface area contributed by atoms with E-state index in [2.05, 4.69) is 15.6 Å². The smallest absolute Gasteiger partial charge is 0.417 e. The third-order valence-corrected chi connectivity index (χ3v) is 7.24. The Labute approximate surface area is 203 Å². The van der Waals surface area contributed by atoms with E-state index in [-0.39, 0.29) is 27.7 Å². The van der Waals surface area contributed by atoms with E-state index in [0.717, 1.165) is 17.4 Å². The second kappa shape index (κ2) is 10.5. The molecule has 2 aliphatic rings. The number of nitrogens with one attached hydrogen (secondary N) is 2. The van der Waals surface area contributed by atoms with E-state index in [1.54, 1.807) is 4.90 Å². The first-order valence-corrected chi connectivity index (χ1v) is 12.3. The van der Waals surface area contributed by atoms with Gasteiger partial charge in [0, 0.05) is 64.5 Å². The number of pyridine rings is 1. The standard InChI is InChI=1S/C22H27F4N5O3S/c1-27-20(32)15-12-35-19-16(22(24,25)26)10-17(29-18(15)19)31-7-3-14(4-8-31)34-21(33)28-5-9-30-6-2-13(23)11-30/h10,12-14H,2-9,11H2,1H3,(H,27,32)(H,28,33). The molecule has 8 nitrogen and oxygen atoms in total. The summed E-state index contributed by atoms with van der Waals surface area (Å²) in [6, 6.07) is 1.01. The number of piperidine rings is 1. The van der Waals surface area contributed by atoms with Crippen LogP contribution in [0, 0.1) is 0 Å². The van der Waals surface area contributed by atoms with Crippen LogP contribution in [-0.4, -0.2) is 80.5 Å². The van der Waals surface area contributed by atoms with Gasteiger partial charge >= 0.3 is 12.3 Å². The van der Waals surface area contributed by atoms with Crippen molar-refractivity contribution < 1.29 is 31.9 Å². The molecule has 0 radical (unpaired) electrons. The second-order valence-corrected chi connectivity index (χ2v) is 9.52. The lowest BCUT2D eigenvalue weighted by atomic mass is 10.1. The number of alkyl halides is 4. The first-order valence-electron chi connectivity index (χ1n) is 11.4. The zero-order valence-electron chi connectivity index (χ0n) is 19.2. The predicted molar refractivity (Wildman–Crippen MR) is 124 cm³/mol. The predicted octanol–water partition coefficient (Wildman–Crippen LogP) is 3.41. The zero-order valence-corrected chi connectivity index (χ0v) is 20.0. The van der Waals surface area contributed by atoms with Gasteiger partial charge in [-0.3, -0.25) is 9.69 Å². The third kappa shape index (κ3) is 5.95. The molecule has 2 aromatic rings. The van der Waals surface area contributed by atoms with Crippen LogP contribution in [0.25, 0.3) is 10.2 Å². The van der Waals surface area contributed by atoms with Gasteiger partial charge in [0.15, 0.2) is 0 Å². The highest BCUT2D eigenvalue weighted by atomic mass is 32.1. The number of halogens is 4. The maximum Gasteiger partial charge on any atom is 0.417 e. The van der Waals surface area contributed by atoms with Gasteiger partial charge in [-0.2, -0.15) is 13.2 Å². The molecule has 1 atom stereocenters. The van der Waals surface area contributed by atoms with Gasteiger partial charge in [0.25, 0.3) is 5.91 Å². The number of aromatic nitrogens is 1. The average Bonchev–Trinajstić information content (AvgIpc) is 3.43. The minimum absolute atomic E-state index is 0.0222. The number of anilines is 1. The van der Waals surface area contributed by atoms with Gasteiger partial charge in [-0.15, -0.1) is 11.3 Å². The quantitative estimate of drug-likeness (QED) is 0.572. The number of ether oxygens (including phenoxy) is 1. The summed E-state index contributed by atoms with van der Waals surface area (Å²) in [6.45, 7) is 2.63. The van der Waals surface area contributed by atoms with Crippen LogP contribution in [0.4, 0.5) is 28.2 Å². The number of hydrogen-bond acceptors (Lipinski definition) is 7. The molecule has 0 aliphatic carbocycles. The van der Waals surface area contributed by atoms with E-state index in [9.17, 15) is 27.2 Å². The maximum absolute atomic E-state index is 13.8. The minimum atomic E-state index is -4.60. The Hall–Kier alpha value is -2.67. The number of rotatable bonds is 6. The molecular formula is C22H27F4N5O3S. The van der Waals surface area contributed by atoms with E-state index < -0.39 is 29.9 Å². The van der Waals surface area contributed by atoms with Crippen LogP contribution in [0.5, 0.6) is 0 Å². The van der Waals surface area contributed by atoms with Gasteiger partial charge in [0.2, 0.25) is 0 Å². The van der Waals surface area contributed by atoms with Gasteiger partial charge in [-0.25, -0.2) is 14.2 Å². The number of nitrogens with zero attached hydrogens (tertiary/aromatic N) is 3. The van der Waals surface area contributed by atoms with Crippen molar-refractivity contribution in [3.05, 3.63) is 22.6 Å². The molecule has 0 spiro atoms. The molecule has 13 heteroatoms. The van der Waals surface area contributed by atoms with E-state index in [1.165, 1.54) is 12.4 Å². The molecule has 2 aliphatic heterocycles.